The summed E-state index contributed by atoms with van der Waals surface area (Å²) in [5, 5.41) is 9.13. The molecular weight excluding hydrogens is 273 g/mol. The summed E-state index contributed by atoms with van der Waals surface area (Å²) in [6, 6.07) is 8.85. The molecule has 21 heavy (non-hydrogen) atoms. The number of aryl methyl sites for hydroxylation is 1. The maximum Gasteiger partial charge on any atom is 0.341 e. The van der Waals surface area contributed by atoms with Crippen LogP contribution in [-0.2, 0) is 6.42 Å². The molecule has 1 heterocycles. The van der Waals surface area contributed by atoms with Gasteiger partial charge in [-0.3, -0.25) is 0 Å². The lowest BCUT2D eigenvalue weighted by Gasteiger charge is -2.26. The van der Waals surface area contributed by atoms with Gasteiger partial charge in [-0.15, -0.1) is 0 Å². The third-order valence-corrected chi connectivity index (χ3v) is 3.62. The van der Waals surface area contributed by atoms with Gasteiger partial charge in [0.2, 0.25) is 5.88 Å². The summed E-state index contributed by atoms with van der Waals surface area (Å²) in [7, 11) is 0. The molecule has 1 unspecified atom stereocenters. The van der Waals surface area contributed by atoms with Crippen molar-refractivity contribution >= 4 is 5.97 Å². The molecule has 1 aromatic carbocycles. The Hall–Kier alpha value is -2.43. The van der Waals surface area contributed by atoms with Gasteiger partial charge in [0.25, 0.3) is 0 Å². The second-order valence-corrected chi connectivity index (χ2v) is 5.01. The van der Waals surface area contributed by atoms with Gasteiger partial charge in [-0.1, -0.05) is 24.3 Å². The van der Waals surface area contributed by atoms with Gasteiger partial charge in [0, 0.05) is 0 Å². The molecule has 0 radical (unpaired) electrons. The molecule has 1 aliphatic carbocycles. The van der Waals surface area contributed by atoms with Crippen molar-refractivity contribution in [1.82, 2.24) is 4.98 Å². The number of carbonyl (C=O) groups is 1. The van der Waals surface area contributed by atoms with Crippen LogP contribution in [0.5, 0.6) is 5.88 Å². The van der Waals surface area contributed by atoms with Crippen molar-refractivity contribution in [2.24, 2.45) is 0 Å². The molecule has 5 heteroatoms. The fourth-order valence-electron chi connectivity index (χ4n) is 2.64. The van der Waals surface area contributed by atoms with Crippen LogP contribution < -0.4 is 4.74 Å². The number of benzene rings is 1. The van der Waals surface area contributed by atoms with Crippen LogP contribution in [0.15, 0.2) is 36.5 Å². The van der Waals surface area contributed by atoms with E-state index in [4.69, 9.17) is 9.84 Å². The highest BCUT2D eigenvalue weighted by Crippen LogP contribution is 2.34. The van der Waals surface area contributed by atoms with E-state index >= 15 is 0 Å². The molecule has 1 aromatic heterocycles. The van der Waals surface area contributed by atoms with Gasteiger partial charge >= 0.3 is 5.97 Å². The van der Waals surface area contributed by atoms with Gasteiger partial charge in [0.1, 0.15) is 17.5 Å². The number of carboxylic acids is 1. The van der Waals surface area contributed by atoms with Gasteiger partial charge in [-0.05, 0) is 36.5 Å². The largest absolute Gasteiger partial charge is 0.477 e. The highest BCUT2D eigenvalue weighted by Gasteiger charge is 2.24. The van der Waals surface area contributed by atoms with Gasteiger partial charge < -0.3 is 9.84 Å². The lowest BCUT2D eigenvalue weighted by Crippen LogP contribution is -2.17. The summed E-state index contributed by atoms with van der Waals surface area (Å²) in [5.41, 5.74) is 2.00. The number of nitrogens with zero attached hydrogens (tertiary/aromatic N) is 1. The van der Waals surface area contributed by atoms with E-state index < -0.39 is 11.8 Å². The van der Waals surface area contributed by atoms with Gasteiger partial charge in [-0.2, -0.15) is 0 Å². The lowest BCUT2D eigenvalue weighted by atomic mass is 9.89. The molecule has 0 bridgehead atoms. The average molecular weight is 287 g/mol. The zero-order valence-corrected chi connectivity index (χ0v) is 11.3. The molecule has 108 valence electrons. The van der Waals surface area contributed by atoms with E-state index in [9.17, 15) is 9.18 Å². The van der Waals surface area contributed by atoms with Crippen molar-refractivity contribution in [3.63, 3.8) is 0 Å². The van der Waals surface area contributed by atoms with Crippen molar-refractivity contribution in [1.29, 1.82) is 0 Å². The maximum atomic E-state index is 13.1. The van der Waals surface area contributed by atoms with E-state index in [-0.39, 0.29) is 17.5 Å². The number of aromatic nitrogens is 1. The normalized spacial score (nSPS) is 17.1. The van der Waals surface area contributed by atoms with E-state index in [1.165, 1.54) is 5.56 Å². The number of fused-ring (bicyclic) bond motifs is 1. The first-order valence-corrected chi connectivity index (χ1v) is 6.78. The van der Waals surface area contributed by atoms with E-state index in [0.717, 1.165) is 37.1 Å². The molecule has 0 spiro atoms. The lowest BCUT2D eigenvalue weighted by molar-refractivity contribution is 0.0685. The Labute approximate surface area is 121 Å². The fraction of sp³-hybridized carbons (Fsp3) is 0.250. The third kappa shape index (κ3) is 2.72. The minimum absolute atomic E-state index is 0.0365. The van der Waals surface area contributed by atoms with E-state index in [1.807, 2.05) is 24.3 Å². The molecule has 0 aliphatic heterocycles. The highest BCUT2D eigenvalue weighted by molar-refractivity contribution is 5.90. The number of pyridine rings is 1. The number of rotatable bonds is 3. The van der Waals surface area contributed by atoms with Crippen LogP contribution in [0.3, 0.4) is 0 Å². The Bertz CT molecular complexity index is 687. The Morgan fingerprint density at radius 3 is 3.00 bits per heavy atom. The first-order valence-electron chi connectivity index (χ1n) is 6.78. The molecule has 0 saturated heterocycles. The molecule has 4 nitrogen and oxygen atoms in total. The van der Waals surface area contributed by atoms with Crippen LogP contribution in [0.4, 0.5) is 4.39 Å². The van der Waals surface area contributed by atoms with E-state index in [2.05, 4.69) is 4.98 Å². The summed E-state index contributed by atoms with van der Waals surface area (Å²) >= 11 is 0. The second kappa shape index (κ2) is 5.52. The van der Waals surface area contributed by atoms with Crippen LogP contribution in [0.25, 0.3) is 0 Å². The SMILES string of the molecule is O=C(O)c1cc(F)cnc1OC1CCCc2ccccc21. The van der Waals surface area contributed by atoms with Gasteiger partial charge in [-0.25, -0.2) is 14.2 Å². The first kappa shape index (κ1) is 13.5. The van der Waals surface area contributed by atoms with Crippen LogP contribution in [-0.4, -0.2) is 16.1 Å². The number of hydrogen-bond donors (Lipinski definition) is 1. The third-order valence-electron chi connectivity index (χ3n) is 3.62. The molecule has 3 rings (SSSR count). The van der Waals surface area contributed by atoms with Gasteiger partial charge in [0.15, 0.2) is 0 Å². The highest BCUT2D eigenvalue weighted by atomic mass is 19.1. The van der Waals surface area contributed by atoms with E-state index in [1.54, 1.807) is 0 Å². The van der Waals surface area contributed by atoms with Crippen LogP contribution in [0.1, 0.15) is 40.4 Å². The van der Waals surface area contributed by atoms with Crippen LogP contribution >= 0.6 is 0 Å². The predicted molar refractivity (Wildman–Crippen MR) is 73.9 cm³/mol. The second-order valence-electron chi connectivity index (χ2n) is 5.01. The van der Waals surface area contributed by atoms with Crippen molar-refractivity contribution in [3.05, 3.63) is 59.0 Å². The number of halogens is 1. The zero-order valence-electron chi connectivity index (χ0n) is 11.3. The molecule has 1 aliphatic rings. The fourth-order valence-corrected chi connectivity index (χ4v) is 2.64. The van der Waals surface area contributed by atoms with Gasteiger partial charge in [0.05, 0.1) is 6.20 Å². The molecule has 0 amide bonds. The molecule has 1 atom stereocenters. The maximum absolute atomic E-state index is 13.1. The Balaban J connectivity index is 1.93. The number of ether oxygens (including phenoxy) is 1. The Morgan fingerprint density at radius 2 is 2.19 bits per heavy atom. The number of carboxylic acid groups (broad SMARTS) is 1. The molecule has 1 N–H and O–H groups in total. The minimum Gasteiger partial charge on any atom is -0.477 e. The van der Waals surface area contributed by atoms with Crippen molar-refractivity contribution in [2.75, 3.05) is 0 Å². The Kier molecular flexibility index (Phi) is 3.56. The van der Waals surface area contributed by atoms with Crippen molar-refractivity contribution in [2.45, 2.75) is 25.4 Å². The van der Waals surface area contributed by atoms with E-state index in [0.29, 0.717) is 0 Å². The van der Waals surface area contributed by atoms with Crippen LogP contribution in [0, 0.1) is 5.82 Å². The molecular formula is C16H14FNO3. The Morgan fingerprint density at radius 1 is 1.38 bits per heavy atom. The standard InChI is InChI=1S/C16H14FNO3/c17-11-8-13(16(19)20)15(18-9-11)21-14-7-3-5-10-4-1-2-6-12(10)14/h1-2,4,6,8-9,14H,3,5,7H2,(H,19,20). The summed E-state index contributed by atoms with van der Waals surface area (Å²) < 4.78 is 18.9. The topological polar surface area (TPSA) is 59.4 Å². The molecule has 2 aromatic rings. The summed E-state index contributed by atoms with van der Waals surface area (Å²) in [6.07, 6.45) is 3.46. The monoisotopic (exact) mass is 287 g/mol. The molecule has 0 fully saturated rings. The van der Waals surface area contributed by atoms with Crippen LogP contribution in [0.2, 0.25) is 0 Å². The smallest absolute Gasteiger partial charge is 0.341 e. The average Bonchev–Trinajstić information content (AvgIpc) is 2.49. The number of aromatic carboxylic acids is 1. The van der Waals surface area contributed by atoms with Crippen molar-refractivity contribution < 1.29 is 19.0 Å². The summed E-state index contributed by atoms with van der Waals surface area (Å²) in [4.78, 5) is 15.0. The quantitative estimate of drug-likeness (QED) is 0.940. The summed E-state index contributed by atoms with van der Waals surface area (Å²) in [6.45, 7) is 0. The molecule has 0 saturated carbocycles. The number of hydrogen-bond acceptors (Lipinski definition) is 3. The summed E-state index contributed by atoms with van der Waals surface area (Å²) in [5.74, 6) is -1.98. The zero-order chi connectivity index (χ0) is 14.8. The van der Waals surface area contributed by atoms with Crippen molar-refractivity contribution in [3.8, 4) is 5.88 Å². The first-order chi connectivity index (χ1) is 10.1. The predicted octanol–water partition coefficient (Wildman–Crippen LogP) is 3.38. The minimum atomic E-state index is -1.25.